The minimum atomic E-state index is -0.691. The fourth-order valence-electron chi connectivity index (χ4n) is 1.86. The highest BCUT2D eigenvalue weighted by molar-refractivity contribution is 6.31. The van der Waals surface area contributed by atoms with Crippen molar-refractivity contribution in [2.75, 3.05) is 12.4 Å². The Hall–Kier alpha value is -2.25. The van der Waals surface area contributed by atoms with E-state index in [1.807, 2.05) is 0 Å². The van der Waals surface area contributed by atoms with Gasteiger partial charge < -0.3 is 10.1 Å². The molecule has 0 radical (unpaired) electrons. The second kappa shape index (κ2) is 6.27. The van der Waals surface area contributed by atoms with Crippen LogP contribution in [0.2, 0.25) is 5.02 Å². The Morgan fingerprint density at radius 1 is 1.25 bits per heavy atom. The summed E-state index contributed by atoms with van der Waals surface area (Å²) in [7, 11) is 1.52. The van der Waals surface area contributed by atoms with Gasteiger partial charge in [0.2, 0.25) is 0 Å². The lowest BCUT2D eigenvalue weighted by Gasteiger charge is -2.17. The molecule has 0 amide bonds. The molecule has 0 aromatic heterocycles. The molecule has 20 heavy (non-hydrogen) atoms. The van der Waals surface area contributed by atoms with Gasteiger partial charge in [0.05, 0.1) is 18.2 Å². The summed E-state index contributed by atoms with van der Waals surface area (Å²) in [5.41, 5.74) is 1.18. The molecule has 1 atom stereocenters. The number of nitrogens with one attached hydrogen (secondary N) is 1. The molecule has 2 aromatic rings. The third-order valence-electron chi connectivity index (χ3n) is 2.81. The maximum Gasteiger partial charge on any atom is 0.145 e. The van der Waals surface area contributed by atoms with Gasteiger partial charge in [0.25, 0.3) is 0 Å². The summed E-state index contributed by atoms with van der Waals surface area (Å²) >= 11 is 6.14. The number of methoxy groups -OCH3 is 1. The van der Waals surface area contributed by atoms with Crippen molar-refractivity contribution >= 4 is 17.3 Å². The average molecular weight is 291 g/mol. The van der Waals surface area contributed by atoms with E-state index in [4.69, 9.17) is 16.3 Å². The molecule has 0 heterocycles. The van der Waals surface area contributed by atoms with Crippen LogP contribution in [0, 0.1) is 17.1 Å². The molecule has 0 saturated heterocycles. The Morgan fingerprint density at radius 3 is 2.55 bits per heavy atom. The number of anilines is 1. The normalized spacial score (nSPS) is 11.5. The highest BCUT2D eigenvalue weighted by Crippen LogP contribution is 2.33. The molecule has 0 aliphatic carbocycles. The SMILES string of the molecule is COc1cccc(Cl)c1C(C#N)Nc1ccc(F)cc1. The van der Waals surface area contributed by atoms with Crippen molar-refractivity contribution in [3.63, 3.8) is 0 Å². The number of nitrogens with zero attached hydrogens (tertiary/aromatic N) is 1. The predicted molar refractivity (Wildman–Crippen MR) is 76.4 cm³/mol. The molecule has 102 valence electrons. The summed E-state index contributed by atoms with van der Waals surface area (Å²) in [5, 5.41) is 12.8. The van der Waals surface area contributed by atoms with Gasteiger partial charge in [0.15, 0.2) is 0 Å². The first-order chi connectivity index (χ1) is 9.65. The van der Waals surface area contributed by atoms with Gasteiger partial charge in [0, 0.05) is 11.3 Å². The number of hydrogen-bond donors (Lipinski definition) is 1. The number of nitriles is 1. The third kappa shape index (κ3) is 3.01. The Labute approximate surface area is 121 Å². The minimum absolute atomic E-state index is 0.334. The molecular weight excluding hydrogens is 279 g/mol. The van der Waals surface area contributed by atoms with E-state index in [-0.39, 0.29) is 5.82 Å². The second-order valence-electron chi connectivity index (χ2n) is 4.07. The Balaban J connectivity index is 2.34. The zero-order valence-electron chi connectivity index (χ0n) is 10.7. The van der Waals surface area contributed by atoms with Gasteiger partial charge in [-0.25, -0.2) is 4.39 Å². The van der Waals surface area contributed by atoms with Crippen LogP contribution >= 0.6 is 11.6 Å². The first kappa shape index (κ1) is 14.2. The summed E-state index contributed by atoms with van der Waals surface area (Å²) < 4.78 is 18.1. The molecule has 0 fully saturated rings. The van der Waals surface area contributed by atoms with Crippen LogP contribution in [0.1, 0.15) is 11.6 Å². The largest absolute Gasteiger partial charge is 0.496 e. The Bertz CT molecular complexity index is 637. The van der Waals surface area contributed by atoms with E-state index in [1.165, 1.54) is 19.2 Å². The highest BCUT2D eigenvalue weighted by Gasteiger charge is 2.19. The zero-order valence-corrected chi connectivity index (χ0v) is 11.5. The zero-order chi connectivity index (χ0) is 14.5. The molecule has 0 spiro atoms. The van der Waals surface area contributed by atoms with Crippen molar-refractivity contribution in [3.05, 3.63) is 58.9 Å². The first-order valence-corrected chi connectivity index (χ1v) is 6.27. The van der Waals surface area contributed by atoms with Crippen LogP contribution in [0.3, 0.4) is 0 Å². The monoisotopic (exact) mass is 290 g/mol. The van der Waals surface area contributed by atoms with Crippen LogP contribution in [-0.2, 0) is 0 Å². The van der Waals surface area contributed by atoms with Crippen LogP contribution in [0.15, 0.2) is 42.5 Å². The molecule has 0 bridgehead atoms. The van der Waals surface area contributed by atoms with Crippen LogP contribution in [0.25, 0.3) is 0 Å². The molecule has 3 nitrogen and oxygen atoms in total. The first-order valence-electron chi connectivity index (χ1n) is 5.90. The van der Waals surface area contributed by atoms with Crippen LogP contribution in [0.4, 0.5) is 10.1 Å². The fraction of sp³-hybridized carbons (Fsp3) is 0.133. The van der Waals surface area contributed by atoms with Gasteiger partial charge in [-0.15, -0.1) is 0 Å². The summed E-state index contributed by atoms with van der Waals surface area (Å²) in [6, 6.07) is 12.4. The molecular formula is C15H12ClFN2O. The minimum Gasteiger partial charge on any atom is -0.496 e. The van der Waals surface area contributed by atoms with Gasteiger partial charge in [0.1, 0.15) is 17.6 Å². The molecule has 5 heteroatoms. The van der Waals surface area contributed by atoms with E-state index < -0.39 is 6.04 Å². The molecule has 0 aliphatic rings. The number of halogens is 2. The summed E-state index contributed by atoms with van der Waals surface area (Å²) in [4.78, 5) is 0. The topological polar surface area (TPSA) is 45.0 Å². The molecule has 1 N–H and O–H groups in total. The summed E-state index contributed by atoms with van der Waals surface area (Å²) in [5.74, 6) is 0.193. The van der Waals surface area contributed by atoms with Gasteiger partial charge in [-0.3, -0.25) is 0 Å². The molecule has 1 unspecified atom stereocenters. The molecule has 2 rings (SSSR count). The van der Waals surface area contributed by atoms with Crippen molar-refractivity contribution in [1.29, 1.82) is 5.26 Å². The number of benzene rings is 2. The van der Waals surface area contributed by atoms with Crippen molar-refractivity contribution in [3.8, 4) is 11.8 Å². The Kier molecular flexibility index (Phi) is 4.44. The van der Waals surface area contributed by atoms with Crippen molar-refractivity contribution in [2.24, 2.45) is 0 Å². The smallest absolute Gasteiger partial charge is 0.145 e. The van der Waals surface area contributed by atoms with Crippen LogP contribution in [0.5, 0.6) is 5.75 Å². The molecule has 0 saturated carbocycles. The number of ether oxygens (including phenoxy) is 1. The maximum atomic E-state index is 12.9. The lowest BCUT2D eigenvalue weighted by Crippen LogP contribution is -2.10. The van der Waals surface area contributed by atoms with Crippen molar-refractivity contribution < 1.29 is 9.13 Å². The maximum absolute atomic E-state index is 12.9. The predicted octanol–water partition coefficient (Wildman–Crippen LogP) is 4.16. The molecule has 0 aliphatic heterocycles. The summed E-state index contributed by atoms with van der Waals surface area (Å²) in [6.07, 6.45) is 0. The van der Waals surface area contributed by atoms with E-state index in [9.17, 15) is 9.65 Å². The highest BCUT2D eigenvalue weighted by atomic mass is 35.5. The quantitative estimate of drug-likeness (QED) is 0.919. The Morgan fingerprint density at radius 2 is 1.95 bits per heavy atom. The van der Waals surface area contributed by atoms with E-state index in [1.54, 1.807) is 30.3 Å². The van der Waals surface area contributed by atoms with E-state index in [0.29, 0.717) is 22.0 Å². The van der Waals surface area contributed by atoms with Crippen LogP contribution in [-0.4, -0.2) is 7.11 Å². The third-order valence-corrected chi connectivity index (χ3v) is 3.14. The van der Waals surface area contributed by atoms with E-state index in [0.717, 1.165) is 0 Å². The second-order valence-corrected chi connectivity index (χ2v) is 4.48. The lowest BCUT2D eigenvalue weighted by molar-refractivity contribution is 0.409. The van der Waals surface area contributed by atoms with E-state index >= 15 is 0 Å². The number of hydrogen-bond acceptors (Lipinski definition) is 3. The van der Waals surface area contributed by atoms with Gasteiger partial charge in [-0.2, -0.15) is 5.26 Å². The number of rotatable bonds is 4. The average Bonchev–Trinajstić information content (AvgIpc) is 2.47. The lowest BCUT2D eigenvalue weighted by atomic mass is 10.1. The van der Waals surface area contributed by atoms with Gasteiger partial charge >= 0.3 is 0 Å². The van der Waals surface area contributed by atoms with Crippen molar-refractivity contribution in [1.82, 2.24) is 0 Å². The van der Waals surface area contributed by atoms with Crippen LogP contribution < -0.4 is 10.1 Å². The van der Waals surface area contributed by atoms with Gasteiger partial charge in [-0.1, -0.05) is 17.7 Å². The van der Waals surface area contributed by atoms with Gasteiger partial charge in [-0.05, 0) is 36.4 Å². The van der Waals surface area contributed by atoms with Crippen molar-refractivity contribution in [2.45, 2.75) is 6.04 Å². The molecule has 2 aromatic carbocycles. The summed E-state index contributed by atoms with van der Waals surface area (Å²) in [6.45, 7) is 0. The van der Waals surface area contributed by atoms with E-state index in [2.05, 4.69) is 11.4 Å². The standard InChI is InChI=1S/C15H12ClFN2O/c1-20-14-4-2-3-12(16)15(14)13(9-18)19-11-7-5-10(17)6-8-11/h2-8,13,19H,1H3. The fourth-order valence-corrected chi connectivity index (χ4v) is 2.13.